The van der Waals surface area contributed by atoms with Crippen LogP contribution in [-0.2, 0) is 0 Å². The van der Waals surface area contributed by atoms with Crippen LogP contribution in [-0.4, -0.2) is 17.4 Å². The van der Waals surface area contributed by atoms with E-state index in [0.29, 0.717) is 6.54 Å². The van der Waals surface area contributed by atoms with E-state index in [1.807, 2.05) is 0 Å². The van der Waals surface area contributed by atoms with Gasteiger partial charge in [0.05, 0.1) is 10.5 Å². The average molecular weight is 227 g/mol. The minimum Gasteiger partial charge on any atom is -0.393 e. The molecule has 0 unspecified atom stereocenters. The van der Waals surface area contributed by atoms with Crippen molar-refractivity contribution in [3.05, 3.63) is 33.6 Å². The molecule has 0 heterocycles. The van der Waals surface area contributed by atoms with E-state index in [4.69, 9.17) is 5.73 Å². The molecule has 1 aromatic rings. The number of nitrogen functional groups attached to an aromatic ring is 1. The van der Waals surface area contributed by atoms with Crippen LogP contribution in [0, 0.1) is 15.9 Å². The van der Waals surface area contributed by atoms with Crippen molar-refractivity contribution in [2.75, 3.05) is 12.3 Å². The lowest BCUT2D eigenvalue weighted by atomic mass is 10.1. The van der Waals surface area contributed by atoms with Crippen molar-refractivity contribution in [1.29, 1.82) is 0 Å². The van der Waals surface area contributed by atoms with Gasteiger partial charge in [-0.2, -0.15) is 0 Å². The molecule has 0 saturated carbocycles. The van der Waals surface area contributed by atoms with Gasteiger partial charge in [0.1, 0.15) is 11.5 Å². The fourth-order valence-corrected chi connectivity index (χ4v) is 1.17. The topological polar surface area (TPSA) is 98.3 Å². The zero-order chi connectivity index (χ0) is 12.3. The average Bonchev–Trinajstić information content (AvgIpc) is 2.17. The molecular weight excluding hydrogens is 217 g/mol. The number of nitro benzene ring substituents is 1. The molecule has 1 rings (SSSR count). The number of nitrogens with two attached hydrogens (primary N) is 1. The Kier molecular flexibility index (Phi) is 3.39. The first-order valence-corrected chi connectivity index (χ1v) is 4.49. The van der Waals surface area contributed by atoms with Crippen LogP contribution in [0.1, 0.15) is 17.3 Å². The van der Waals surface area contributed by atoms with E-state index in [1.54, 1.807) is 6.92 Å². The zero-order valence-corrected chi connectivity index (χ0v) is 8.49. The predicted octanol–water partition coefficient (Wildman–Crippen LogP) is 1.07. The Morgan fingerprint density at radius 2 is 2.25 bits per heavy atom. The van der Waals surface area contributed by atoms with Gasteiger partial charge in [0.25, 0.3) is 11.6 Å². The summed E-state index contributed by atoms with van der Waals surface area (Å²) in [4.78, 5) is 21.1. The quantitative estimate of drug-likeness (QED) is 0.458. The molecule has 86 valence electrons. The number of nitrogens with one attached hydrogen (secondary N) is 1. The van der Waals surface area contributed by atoms with Gasteiger partial charge in [-0.1, -0.05) is 0 Å². The molecule has 0 aliphatic rings. The largest absolute Gasteiger partial charge is 0.393 e. The Balaban J connectivity index is 3.24. The Bertz CT molecular complexity index is 448. The van der Waals surface area contributed by atoms with Gasteiger partial charge < -0.3 is 11.1 Å². The maximum Gasteiger partial charge on any atom is 0.293 e. The van der Waals surface area contributed by atoms with E-state index in [9.17, 15) is 19.3 Å². The molecule has 0 radical (unpaired) electrons. The molecule has 16 heavy (non-hydrogen) atoms. The molecule has 0 aliphatic heterocycles. The van der Waals surface area contributed by atoms with E-state index >= 15 is 0 Å². The standard InChI is InChI=1S/C9H10FN3O3/c1-2-12-9(14)5-3-8(13(15)16)7(11)4-6(5)10/h3-4H,2,11H2,1H3,(H,12,14). The minimum atomic E-state index is -0.881. The highest BCUT2D eigenvalue weighted by atomic mass is 19.1. The third kappa shape index (κ3) is 2.25. The summed E-state index contributed by atoms with van der Waals surface area (Å²) in [6, 6.07) is 1.60. The number of carbonyl (C=O) groups is 1. The number of rotatable bonds is 3. The second-order valence-electron chi connectivity index (χ2n) is 3.01. The van der Waals surface area contributed by atoms with Gasteiger partial charge in [0.15, 0.2) is 0 Å². The fourth-order valence-electron chi connectivity index (χ4n) is 1.17. The molecule has 0 atom stereocenters. The number of nitro groups is 1. The van der Waals surface area contributed by atoms with Crippen molar-refractivity contribution >= 4 is 17.3 Å². The van der Waals surface area contributed by atoms with E-state index in [0.717, 1.165) is 12.1 Å². The van der Waals surface area contributed by atoms with Crippen LogP contribution in [0.15, 0.2) is 12.1 Å². The third-order valence-corrected chi connectivity index (χ3v) is 1.90. The van der Waals surface area contributed by atoms with Crippen molar-refractivity contribution < 1.29 is 14.1 Å². The lowest BCUT2D eigenvalue weighted by Gasteiger charge is -2.04. The molecular formula is C9H10FN3O3. The Morgan fingerprint density at radius 3 is 2.75 bits per heavy atom. The van der Waals surface area contributed by atoms with Crippen molar-refractivity contribution in [1.82, 2.24) is 5.32 Å². The lowest BCUT2D eigenvalue weighted by molar-refractivity contribution is -0.384. The summed E-state index contributed by atoms with van der Waals surface area (Å²) in [5.74, 6) is -1.59. The highest BCUT2D eigenvalue weighted by Crippen LogP contribution is 2.24. The molecule has 0 aromatic heterocycles. The summed E-state index contributed by atoms with van der Waals surface area (Å²) >= 11 is 0. The van der Waals surface area contributed by atoms with Crippen LogP contribution in [0.4, 0.5) is 15.8 Å². The molecule has 0 fully saturated rings. The van der Waals surface area contributed by atoms with Gasteiger partial charge in [0.2, 0.25) is 0 Å². The van der Waals surface area contributed by atoms with E-state index in [2.05, 4.69) is 5.32 Å². The van der Waals surface area contributed by atoms with Gasteiger partial charge >= 0.3 is 0 Å². The van der Waals surface area contributed by atoms with Gasteiger partial charge in [-0.25, -0.2) is 4.39 Å². The van der Waals surface area contributed by atoms with E-state index < -0.39 is 22.3 Å². The van der Waals surface area contributed by atoms with Crippen LogP contribution in [0.2, 0.25) is 0 Å². The second-order valence-corrected chi connectivity index (χ2v) is 3.01. The van der Waals surface area contributed by atoms with Crippen molar-refractivity contribution in [3.8, 4) is 0 Å². The molecule has 3 N–H and O–H groups in total. The van der Waals surface area contributed by atoms with Crippen molar-refractivity contribution in [2.24, 2.45) is 0 Å². The number of anilines is 1. The summed E-state index contributed by atoms with van der Waals surface area (Å²) in [6.07, 6.45) is 0. The number of benzene rings is 1. The smallest absolute Gasteiger partial charge is 0.293 e. The minimum absolute atomic E-state index is 0.302. The molecule has 0 spiro atoms. The maximum absolute atomic E-state index is 13.3. The van der Waals surface area contributed by atoms with Crippen LogP contribution in [0.5, 0.6) is 0 Å². The summed E-state index contributed by atoms with van der Waals surface area (Å²) in [5, 5.41) is 12.9. The van der Waals surface area contributed by atoms with E-state index in [1.165, 1.54) is 0 Å². The highest BCUT2D eigenvalue weighted by Gasteiger charge is 2.20. The molecule has 6 nitrogen and oxygen atoms in total. The van der Waals surface area contributed by atoms with Gasteiger partial charge in [0, 0.05) is 18.7 Å². The van der Waals surface area contributed by atoms with Crippen LogP contribution < -0.4 is 11.1 Å². The summed E-state index contributed by atoms with van der Waals surface area (Å²) in [5.41, 5.74) is 4.07. The predicted molar refractivity (Wildman–Crippen MR) is 55.5 cm³/mol. The number of amides is 1. The third-order valence-electron chi connectivity index (χ3n) is 1.90. The van der Waals surface area contributed by atoms with Crippen molar-refractivity contribution in [3.63, 3.8) is 0 Å². The second kappa shape index (κ2) is 4.56. The van der Waals surface area contributed by atoms with Gasteiger partial charge in [-0.05, 0) is 6.92 Å². The molecule has 0 saturated heterocycles. The number of nitrogens with zero attached hydrogens (tertiary/aromatic N) is 1. The van der Waals surface area contributed by atoms with Crippen LogP contribution in [0.3, 0.4) is 0 Å². The lowest BCUT2D eigenvalue weighted by Crippen LogP contribution is -2.24. The van der Waals surface area contributed by atoms with Crippen molar-refractivity contribution in [2.45, 2.75) is 6.92 Å². The van der Waals surface area contributed by atoms with Crippen LogP contribution in [0.25, 0.3) is 0 Å². The Labute approximate surface area is 90.4 Å². The molecule has 1 aromatic carbocycles. The Hall–Kier alpha value is -2.18. The number of carbonyl (C=O) groups excluding carboxylic acids is 1. The van der Waals surface area contributed by atoms with Gasteiger partial charge in [-0.3, -0.25) is 14.9 Å². The summed E-state index contributed by atoms with van der Waals surface area (Å²) in [6.45, 7) is 1.96. The Morgan fingerprint density at radius 1 is 1.62 bits per heavy atom. The summed E-state index contributed by atoms with van der Waals surface area (Å²) in [7, 11) is 0. The maximum atomic E-state index is 13.3. The molecule has 7 heteroatoms. The van der Waals surface area contributed by atoms with Gasteiger partial charge in [-0.15, -0.1) is 0 Å². The molecule has 0 aliphatic carbocycles. The summed E-state index contributed by atoms with van der Waals surface area (Å²) < 4.78 is 13.3. The first-order chi connectivity index (χ1) is 7.47. The fraction of sp³-hybridized carbons (Fsp3) is 0.222. The van der Waals surface area contributed by atoms with Crippen LogP contribution >= 0.6 is 0 Å². The normalized spacial score (nSPS) is 9.88. The monoisotopic (exact) mass is 227 g/mol. The highest BCUT2D eigenvalue weighted by molar-refractivity contribution is 5.95. The number of halogens is 1. The first kappa shape index (κ1) is 11.9. The SMILES string of the molecule is CCNC(=O)c1cc([N+](=O)[O-])c(N)cc1F. The molecule has 0 bridgehead atoms. The first-order valence-electron chi connectivity index (χ1n) is 4.49. The number of hydrogen-bond acceptors (Lipinski definition) is 4. The number of hydrogen-bond donors (Lipinski definition) is 2. The zero-order valence-electron chi connectivity index (χ0n) is 8.49. The van der Waals surface area contributed by atoms with E-state index in [-0.39, 0.29) is 11.3 Å². The molecule has 1 amide bonds.